The van der Waals surface area contributed by atoms with Crippen LogP contribution in [-0.2, 0) is 19.0 Å². The Balaban J connectivity index is 1.67. The molecule has 4 rings (SSSR count). The molecule has 2 aliphatic heterocycles. The SMILES string of the molecule is C=C(C)C(=O)OC1C2CC3=C(C2)C1(C)OC1OC31. The van der Waals surface area contributed by atoms with Crippen LogP contribution in [0.4, 0.5) is 0 Å². The largest absolute Gasteiger partial charge is 0.455 e. The number of carbonyl (C=O) groups is 1. The van der Waals surface area contributed by atoms with Crippen LogP contribution in [0.25, 0.3) is 0 Å². The minimum atomic E-state index is -0.471. The average Bonchev–Trinajstić information content (AvgIpc) is 2.83. The Morgan fingerprint density at radius 3 is 3.00 bits per heavy atom. The normalized spacial score (nSPS) is 47.0. The smallest absolute Gasteiger partial charge is 0.333 e. The fraction of sp³-hybridized carbons (Fsp3) is 0.643. The van der Waals surface area contributed by atoms with Gasteiger partial charge in [-0.3, -0.25) is 0 Å². The molecule has 96 valence electrons. The third kappa shape index (κ3) is 1.15. The van der Waals surface area contributed by atoms with Crippen molar-refractivity contribution in [1.29, 1.82) is 0 Å². The van der Waals surface area contributed by atoms with Gasteiger partial charge in [0.2, 0.25) is 0 Å². The molecule has 1 saturated heterocycles. The quantitative estimate of drug-likeness (QED) is 0.323. The predicted octanol–water partition coefficient (Wildman–Crippen LogP) is 1.71. The number of hydrogen-bond acceptors (Lipinski definition) is 4. The molecule has 1 saturated carbocycles. The summed E-state index contributed by atoms with van der Waals surface area (Å²) in [6, 6.07) is 0. The Hall–Kier alpha value is -1.13. The summed E-state index contributed by atoms with van der Waals surface area (Å²) in [4.78, 5) is 11.7. The first-order valence-electron chi connectivity index (χ1n) is 6.43. The molecule has 0 radical (unpaired) electrons. The van der Waals surface area contributed by atoms with Crippen molar-refractivity contribution in [3.8, 4) is 0 Å². The summed E-state index contributed by atoms with van der Waals surface area (Å²) in [7, 11) is 0. The van der Waals surface area contributed by atoms with Gasteiger partial charge in [0.05, 0.1) is 0 Å². The van der Waals surface area contributed by atoms with E-state index in [9.17, 15) is 4.79 Å². The molecule has 4 aliphatic rings. The van der Waals surface area contributed by atoms with E-state index in [2.05, 4.69) is 6.58 Å². The molecule has 4 nitrogen and oxygen atoms in total. The van der Waals surface area contributed by atoms with E-state index in [1.165, 1.54) is 11.1 Å². The second kappa shape index (κ2) is 3.06. The topological polar surface area (TPSA) is 48.1 Å². The zero-order chi connectivity index (χ0) is 12.7. The van der Waals surface area contributed by atoms with Crippen LogP contribution in [0, 0.1) is 5.92 Å². The van der Waals surface area contributed by atoms with E-state index in [4.69, 9.17) is 14.2 Å². The molecule has 0 aromatic carbocycles. The highest BCUT2D eigenvalue weighted by atomic mass is 16.8. The number of carbonyl (C=O) groups excluding carboxylic acids is 1. The van der Waals surface area contributed by atoms with Crippen LogP contribution in [0.3, 0.4) is 0 Å². The highest BCUT2D eigenvalue weighted by molar-refractivity contribution is 5.87. The highest BCUT2D eigenvalue weighted by Gasteiger charge is 2.66. The van der Waals surface area contributed by atoms with Crippen molar-refractivity contribution < 1.29 is 19.0 Å². The summed E-state index contributed by atoms with van der Waals surface area (Å²) >= 11 is 0. The number of rotatable bonds is 2. The van der Waals surface area contributed by atoms with Crippen LogP contribution in [0.1, 0.15) is 26.7 Å². The minimum Gasteiger partial charge on any atom is -0.455 e. The molecule has 2 heterocycles. The summed E-state index contributed by atoms with van der Waals surface area (Å²) in [6.07, 6.45) is 1.86. The minimum absolute atomic E-state index is 0.112. The number of fused-ring (bicyclic) bond motifs is 3. The third-order valence-electron chi connectivity index (χ3n) is 4.64. The fourth-order valence-corrected chi connectivity index (χ4v) is 3.76. The molecular weight excluding hydrogens is 232 g/mol. The lowest BCUT2D eigenvalue weighted by Crippen LogP contribution is -2.49. The lowest BCUT2D eigenvalue weighted by Gasteiger charge is -2.39. The summed E-state index contributed by atoms with van der Waals surface area (Å²) < 4.78 is 17.1. The molecule has 0 amide bonds. The number of hydrogen-bond donors (Lipinski definition) is 0. The van der Waals surface area contributed by atoms with Gasteiger partial charge in [-0.2, -0.15) is 0 Å². The van der Waals surface area contributed by atoms with Gasteiger partial charge in [-0.1, -0.05) is 6.58 Å². The molecule has 2 aliphatic carbocycles. The molecule has 4 heteroatoms. The summed E-state index contributed by atoms with van der Waals surface area (Å²) in [6.45, 7) is 7.33. The van der Waals surface area contributed by atoms with Crippen molar-refractivity contribution >= 4 is 5.97 Å². The van der Waals surface area contributed by atoms with Gasteiger partial charge in [-0.25, -0.2) is 4.79 Å². The summed E-state index contributed by atoms with van der Waals surface area (Å²) in [5.41, 5.74) is 2.68. The maximum Gasteiger partial charge on any atom is 0.333 e. The second-order valence-electron chi connectivity index (χ2n) is 5.93. The van der Waals surface area contributed by atoms with Crippen molar-refractivity contribution in [2.45, 2.75) is 50.8 Å². The number of epoxide rings is 1. The Labute approximate surface area is 106 Å². The molecular formula is C14H16O4. The van der Waals surface area contributed by atoms with Gasteiger partial charge in [0, 0.05) is 11.5 Å². The lowest BCUT2D eigenvalue weighted by molar-refractivity contribution is -0.171. The second-order valence-corrected chi connectivity index (χ2v) is 5.93. The molecule has 0 aromatic heterocycles. The van der Waals surface area contributed by atoms with Crippen molar-refractivity contribution in [2.75, 3.05) is 0 Å². The summed E-state index contributed by atoms with van der Waals surface area (Å²) in [5, 5.41) is 0. The van der Waals surface area contributed by atoms with Crippen molar-refractivity contribution in [3.63, 3.8) is 0 Å². The maximum absolute atomic E-state index is 11.7. The molecule has 0 aromatic rings. The maximum atomic E-state index is 11.7. The Morgan fingerprint density at radius 1 is 1.50 bits per heavy atom. The van der Waals surface area contributed by atoms with Crippen molar-refractivity contribution in [3.05, 3.63) is 23.3 Å². The molecule has 2 fully saturated rings. The van der Waals surface area contributed by atoms with Crippen molar-refractivity contribution in [2.24, 2.45) is 5.92 Å². The first-order valence-corrected chi connectivity index (χ1v) is 6.43. The van der Waals surface area contributed by atoms with E-state index in [1.54, 1.807) is 6.92 Å². The molecule has 0 spiro atoms. The highest BCUT2D eigenvalue weighted by Crippen LogP contribution is 2.61. The third-order valence-corrected chi connectivity index (χ3v) is 4.64. The molecule has 5 atom stereocenters. The monoisotopic (exact) mass is 248 g/mol. The van der Waals surface area contributed by atoms with Crippen LogP contribution in [-0.4, -0.2) is 30.1 Å². The van der Waals surface area contributed by atoms with Crippen LogP contribution in [0.2, 0.25) is 0 Å². The molecule has 0 N–H and O–H groups in total. The number of esters is 1. The Kier molecular flexibility index (Phi) is 1.83. The first-order chi connectivity index (χ1) is 8.50. The van der Waals surface area contributed by atoms with Gasteiger partial charge in [0.25, 0.3) is 0 Å². The van der Waals surface area contributed by atoms with Crippen LogP contribution in [0.15, 0.2) is 23.3 Å². The van der Waals surface area contributed by atoms with E-state index in [0.717, 1.165) is 12.8 Å². The average molecular weight is 248 g/mol. The standard InChI is InChI=1S/C14H16O4/c1-6(2)12(15)17-11-7-4-8-9(5-7)14(11,3)18-13-10(8)16-13/h7,10-11,13H,1,4-5H2,2-3H3. The van der Waals surface area contributed by atoms with Gasteiger partial charge in [0.15, 0.2) is 6.29 Å². The van der Waals surface area contributed by atoms with Crippen LogP contribution in [0.5, 0.6) is 0 Å². The van der Waals surface area contributed by atoms with Crippen molar-refractivity contribution in [1.82, 2.24) is 0 Å². The predicted molar refractivity (Wildman–Crippen MR) is 62.6 cm³/mol. The Morgan fingerprint density at radius 2 is 2.28 bits per heavy atom. The Bertz CT molecular complexity index is 504. The molecule has 5 unspecified atom stereocenters. The van der Waals surface area contributed by atoms with Gasteiger partial charge < -0.3 is 14.2 Å². The molecule has 18 heavy (non-hydrogen) atoms. The fourth-order valence-electron chi connectivity index (χ4n) is 3.76. The van der Waals surface area contributed by atoms with Gasteiger partial charge in [-0.15, -0.1) is 0 Å². The van der Waals surface area contributed by atoms with Gasteiger partial charge in [0.1, 0.15) is 17.8 Å². The van der Waals surface area contributed by atoms with E-state index in [-0.39, 0.29) is 24.5 Å². The van der Waals surface area contributed by atoms with Gasteiger partial charge >= 0.3 is 5.97 Å². The lowest BCUT2D eigenvalue weighted by atomic mass is 9.82. The molecule has 2 bridgehead atoms. The zero-order valence-corrected chi connectivity index (χ0v) is 10.6. The van der Waals surface area contributed by atoms with E-state index in [1.807, 2.05) is 6.92 Å². The summed E-state index contributed by atoms with van der Waals surface area (Å²) in [5.74, 6) is 0.0341. The van der Waals surface area contributed by atoms with E-state index < -0.39 is 5.60 Å². The van der Waals surface area contributed by atoms with Crippen LogP contribution < -0.4 is 0 Å². The first kappa shape index (κ1) is 10.8. The van der Waals surface area contributed by atoms with E-state index in [0.29, 0.717) is 11.5 Å². The van der Waals surface area contributed by atoms with Gasteiger partial charge in [-0.05, 0) is 37.8 Å². The number of ether oxygens (including phenoxy) is 3. The van der Waals surface area contributed by atoms with Crippen LogP contribution >= 0.6 is 0 Å². The van der Waals surface area contributed by atoms with E-state index >= 15 is 0 Å². The zero-order valence-electron chi connectivity index (χ0n) is 10.6.